The Morgan fingerprint density at radius 2 is 1.80 bits per heavy atom. The van der Waals surface area contributed by atoms with E-state index >= 15 is 0 Å². The number of unbranched alkanes of at least 4 members (excludes halogenated alkanes) is 1. The van der Waals surface area contributed by atoms with E-state index in [4.69, 9.17) is 28.9 Å². The molecule has 2 rings (SSSR count). The van der Waals surface area contributed by atoms with E-state index in [1.807, 2.05) is 13.0 Å². The molecule has 2 aromatic carbocycles. The van der Waals surface area contributed by atoms with Crippen molar-refractivity contribution in [1.82, 2.24) is 5.32 Å². The maximum atomic E-state index is 11.7. The van der Waals surface area contributed by atoms with Gasteiger partial charge in [0.25, 0.3) is 0 Å². The van der Waals surface area contributed by atoms with Gasteiger partial charge < -0.3 is 26.4 Å². The monoisotopic (exact) mass is 454 g/mol. The third-order valence-corrected chi connectivity index (χ3v) is 5.88. The van der Waals surface area contributed by atoms with Crippen LogP contribution in [0.1, 0.15) is 49.3 Å². The minimum absolute atomic E-state index is 0.134. The van der Waals surface area contributed by atoms with Gasteiger partial charge in [0, 0.05) is 6.54 Å². The molecule has 0 heterocycles. The number of carboxylic acid groups (broad SMARTS) is 1. The number of hydrogen-bond acceptors (Lipinski definition) is 5. The molecule has 0 aromatic heterocycles. The smallest absolute Gasteiger partial charge is 0.307 e. The second kappa shape index (κ2) is 11.4. The Labute approximate surface area is 186 Å². The van der Waals surface area contributed by atoms with Crippen molar-refractivity contribution >= 4 is 34.9 Å². The van der Waals surface area contributed by atoms with Crippen molar-refractivity contribution in [2.75, 3.05) is 18.8 Å². The van der Waals surface area contributed by atoms with Crippen LogP contribution in [-0.4, -0.2) is 34.4 Å². The van der Waals surface area contributed by atoms with Crippen LogP contribution < -0.4 is 11.1 Å². The normalized spacial score (nSPS) is 14.3. The fourth-order valence-electron chi connectivity index (χ4n) is 3.39. The van der Waals surface area contributed by atoms with Crippen molar-refractivity contribution in [3.8, 4) is 5.75 Å². The van der Waals surface area contributed by atoms with Crippen molar-refractivity contribution in [2.45, 2.75) is 38.2 Å². The lowest BCUT2D eigenvalue weighted by Gasteiger charge is -2.21. The predicted octanol–water partition coefficient (Wildman–Crippen LogP) is 4.58. The number of phenols is 1. The van der Waals surface area contributed by atoms with Crippen molar-refractivity contribution < 1.29 is 20.1 Å². The Morgan fingerprint density at radius 1 is 1.13 bits per heavy atom. The number of hydrogen-bond donors (Lipinski definition) is 5. The number of aliphatic hydroxyl groups is 1. The Balaban J connectivity index is 1.77. The molecule has 3 unspecified atom stereocenters. The third kappa shape index (κ3) is 6.77. The molecule has 0 aliphatic rings. The molecule has 0 bridgehead atoms. The van der Waals surface area contributed by atoms with Gasteiger partial charge in [-0.1, -0.05) is 48.7 Å². The number of nitrogens with one attached hydrogen (secondary N) is 1. The van der Waals surface area contributed by atoms with Crippen LogP contribution in [0.25, 0.3) is 0 Å². The third-order valence-electron chi connectivity index (χ3n) is 5.26. The molecule has 6 N–H and O–H groups in total. The number of rotatable bonds is 11. The van der Waals surface area contributed by atoms with Crippen LogP contribution in [0.4, 0.5) is 5.69 Å². The quantitative estimate of drug-likeness (QED) is 0.250. The highest BCUT2D eigenvalue weighted by atomic mass is 35.5. The zero-order valence-corrected chi connectivity index (χ0v) is 18.3. The number of halogens is 2. The first-order chi connectivity index (χ1) is 14.2. The molecular weight excluding hydrogens is 427 g/mol. The highest BCUT2D eigenvalue weighted by molar-refractivity contribution is 6.38. The van der Waals surface area contributed by atoms with Gasteiger partial charge in [0.1, 0.15) is 5.75 Å². The highest BCUT2D eigenvalue weighted by Gasteiger charge is 2.25. The Hall–Kier alpha value is -1.99. The molecule has 0 aliphatic heterocycles. The summed E-state index contributed by atoms with van der Waals surface area (Å²) in [6.07, 6.45) is 1.24. The molecule has 0 radical (unpaired) electrons. The number of nitrogens with two attached hydrogens (primary N) is 1. The number of aromatic hydroxyl groups is 1. The number of carbonyl (C=O) groups is 1. The topological polar surface area (TPSA) is 116 Å². The van der Waals surface area contributed by atoms with Crippen molar-refractivity contribution in [3.63, 3.8) is 0 Å². The molecule has 164 valence electrons. The molecule has 30 heavy (non-hydrogen) atoms. The lowest BCUT2D eigenvalue weighted by atomic mass is 9.84. The molecule has 2 aromatic rings. The van der Waals surface area contributed by atoms with Gasteiger partial charge in [0.2, 0.25) is 0 Å². The van der Waals surface area contributed by atoms with Gasteiger partial charge in [-0.15, -0.1) is 0 Å². The van der Waals surface area contributed by atoms with E-state index < -0.39 is 18.0 Å². The predicted molar refractivity (Wildman–Crippen MR) is 120 cm³/mol. The summed E-state index contributed by atoms with van der Waals surface area (Å²) in [4.78, 5) is 11.7. The molecule has 0 saturated carbocycles. The fourth-order valence-corrected chi connectivity index (χ4v) is 3.90. The van der Waals surface area contributed by atoms with Crippen LogP contribution >= 0.6 is 23.2 Å². The number of carboxylic acids is 1. The number of anilines is 1. The minimum Gasteiger partial charge on any atom is -0.508 e. The molecule has 0 spiro atoms. The number of nitrogen functional groups attached to an aromatic ring is 1. The number of aliphatic carboxylic acids is 1. The molecule has 0 amide bonds. The van der Waals surface area contributed by atoms with Crippen molar-refractivity contribution in [2.24, 2.45) is 5.92 Å². The molecule has 0 saturated heterocycles. The molecule has 8 heteroatoms. The van der Waals surface area contributed by atoms with Crippen LogP contribution in [0.15, 0.2) is 36.4 Å². The summed E-state index contributed by atoms with van der Waals surface area (Å²) in [6, 6.07) is 9.91. The van der Waals surface area contributed by atoms with E-state index in [1.165, 1.54) is 0 Å². The number of benzene rings is 2. The SMILES string of the molecule is CC(c1cccc(O)c1)C(CCCCNCC(O)c1cc(Cl)c(N)c(Cl)c1)C(=O)O. The summed E-state index contributed by atoms with van der Waals surface area (Å²) in [5, 5.41) is 33.3. The summed E-state index contributed by atoms with van der Waals surface area (Å²) in [6.45, 7) is 2.82. The maximum Gasteiger partial charge on any atom is 0.307 e. The maximum absolute atomic E-state index is 11.7. The van der Waals surface area contributed by atoms with Crippen LogP contribution in [0.3, 0.4) is 0 Å². The fraction of sp³-hybridized carbons (Fsp3) is 0.409. The lowest BCUT2D eigenvalue weighted by Crippen LogP contribution is -2.24. The highest BCUT2D eigenvalue weighted by Crippen LogP contribution is 2.32. The number of aliphatic hydroxyl groups excluding tert-OH is 1. The van der Waals surface area contributed by atoms with E-state index in [1.54, 1.807) is 30.3 Å². The first-order valence-corrected chi connectivity index (χ1v) is 10.6. The van der Waals surface area contributed by atoms with Crippen LogP contribution in [0.2, 0.25) is 10.0 Å². The van der Waals surface area contributed by atoms with E-state index in [-0.39, 0.29) is 17.4 Å². The molecule has 6 nitrogen and oxygen atoms in total. The zero-order valence-electron chi connectivity index (χ0n) is 16.8. The average molecular weight is 455 g/mol. The number of phenolic OH excluding ortho intramolecular Hbond substituents is 1. The van der Waals surface area contributed by atoms with Crippen LogP contribution in [0.5, 0.6) is 5.75 Å². The standard InChI is InChI=1S/C22H28Cl2N2O4/c1-13(14-5-4-6-16(27)9-14)17(22(29)30)7-2-3-8-26-12-20(28)15-10-18(23)21(25)19(24)11-15/h4-6,9-11,13,17,20,26-28H,2-3,7-8,12,25H2,1H3,(H,29,30). The van der Waals surface area contributed by atoms with E-state index in [2.05, 4.69) is 5.32 Å². The van der Waals surface area contributed by atoms with E-state index in [9.17, 15) is 20.1 Å². The Kier molecular flexibility index (Phi) is 9.24. The van der Waals surface area contributed by atoms with Gasteiger partial charge in [-0.3, -0.25) is 4.79 Å². The summed E-state index contributed by atoms with van der Waals surface area (Å²) < 4.78 is 0. The minimum atomic E-state index is -0.841. The summed E-state index contributed by atoms with van der Waals surface area (Å²) in [5.41, 5.74) is 7.38. The molecular formula is C22H28Cl2N2O4. The molecule has 3 atom stereocenters. The molecule has 0 fully saturated rings. The van der Waals surface area contributed by atoms with Gasteiger partial charge in [0.15, 0.2) is 0 Å². The lowest BCUT2D eigenvalue weighted by molar-refractivity contribution is -0.142. The zero-order chi connectivity index (χ0) is 22.3. The van der Waals surface area contributed by atoms with Gasteiger partial charge in [-0.25, -0.2) is 0 Å². The Bertz CT molecular complexity index is 840. The van der Waals surface area contributed by atoms with Gasteiger partial charge in [0.05, 0.1) is 27.8 Å². The van der Waals surface area contributed by atoms with E-state index in [0.717, 1.165) is 18.4 Å². The average Bonchev–Trinajstić information content (AvgIpc) is 2.70. The van der Waals surface area contributed by atoms with Crippen molar-refractivity contribution in [1.29, 1.82) is 0 Å². The second-order valence-electron chi connectivity index (χ2n) is 7.44. The Morgan fingerprint density at radius 3 is 2.40 bits per heavy atom. The summed E-state index contributed by atoms with van der Waals surface area (Å²) >= 11 is 12.0. The van der Waals surface area contributed by atoms with E-state index in [0.29, 0.717) is 35.1 Å². The largest absolute Gasteiger partial charge is 0.508 e. The van der Waals surface area contributed by atoms with Crippen LogP contribution in [0, 0.1) is 5.92 Å². The first-order valence-electron chi connectivity index (χ1n) is 9.85. The second-order valence-corrected chi connectivity index (χ2v) is 8.26. The van der Waals surface area contributed by atoms with Gasteiger partial charge >= 0.3 is 5.97 Å². The molecule has 0 aliphatic carbocycles. The van der Waals surface area contributed by atoms with Gasteiger partial charge in [-0.2, -0.15) is 0 Å². The van der Waals surface area contributed by atoms with Crippen LogP contribution in [-0.2, 0) is 4.79 Å². The van der Waals surface area contributed by atoms with Gasteiger partial charge in [-0.05, 0) is 60.7 Å². The first kappa shape index (κ1) is 24.3. The van der Waals surface area contributed by atoms with Crippen molar-refractivity contribution in [3.05, 3.63) is 57.6 Å². The summed E-state index contributed by atoms with van der Waals surface area (Å²) in [7, 11) is 0. The summed E-state index contributed by atoms with van der Waals surface area (Å²) in [5.74, 6) is -1.44.